The van der Waals surface area contributed by atoms with E-state index >= 15 is 0 Å². The molecule has 0 bridgehead atoms. The number of anilines is 1. The third-order valence-corrected chi connectivity index (χ3v) is 4.02. The molecule has 1 amide bonds. The molecule has 3 rings (SSSR count). The Morgan fingerprint density at radius 3 is 2.78 bits per heavy atom. The van der Waals surface area contributed by atoms with Crippen LogP contribution in [0.15, 0.2) is 30.6 Å². The van der Waals surface area contributed by atoms with Crippen molar-refractivity contribution < 1.29 is 9.53 Å². The zero-order valence-corrected chi connectivity index (χ0v) is 13.7. The Bertz CT molecular complexity index is 641. The number of piperidine rings is 1. The normalized spacial score (nSPS) is 16.4. The molecule has 124 valence electrons. The number of halogens is 1. The zero-order chi connectivity index (χ0) is 15.4. The molecule has 1 aromatic heterocycles. The molecule has 0 saturated carbocycles. The highest BCUT2D eigenvalue weighted by molar-refractivity contribution is 5.97. The van der Waals surface area contributed by atoms with Gasteiger partial charge in [0.05, 0.1) is 0 Å². The number of aromatic amines is 1. The van der Waals surface area contributed by atoms with Gasteiger partial charge in [0.2, 0.25) is 0 Å². The Hall–Kier alpha value is -1.96. The number of carbonyl (C=O) groups excluding carboxylic acids is 1. The third-order valence-electron chi connectivity index (χ3n) is 4.02. The van der Waals surface area contributed by atoms with E-state index in [1.165, 1.54) is 6.33 Å². The minimum Gasteiger partial charge on any atom is -0.368 e. The molecule has 1 fully saturated rings. The smallest absolute Gasteiger partial charge is 0.256 e. The number of nitrogens with zero attached hydrogens (tertiary/aromatic N) is 2. The average molecular weight is 338 g/mol. The molecule has 23 heavy (non-hydrogen) atoms. The largest absolute Gasteiger partial charge is 0.368 e. The highest BCUT2D eigenvalue weighted by atomic mass is 35.5. The van der Waals surface area contributed by atoms with Crippen molar-refractivity contribution in [2.45, 2.75) is 18.4 Å². The minimum absolute atomic E-state index is 0. The summed E-state index contributed by atoms with van der Waals surface area (Å²) in [4.78, 5) is 16.7. The van der Waals surface area contributed by atoms with Crippen molar-refractivity contribution in [3.05, 3.63) is 30.6 Å². The lowest BCUT2D eigenvalue weighted by Gasteiger charge is -2.34. The Kier molecular flexibility index (Phi) is 5.70. The van der Waals surface area contributed by atoms with Gasteiger partial charge >= 0.3 is 0 Å². The summed E-state index contributed by atoms with van der Waals surface area (Å²) in [5.74, 6) is 0.561. The maximum absolute atomic E-state index is 12.6. The van der Waals surface area contributed by atoms with Gasteiger partial charge in [0, 0.05) is 18.4 Å². The monoisotopic (exact) mass is 337 g/mol. The van der Waals surface area contributed by atoms with Gasteiger partial charge in [-0.05, 0) is 38.1 Å². The van der Waals surface area contributed by atoms with E-state index < -0.39 is 5.60 Å². The van der Waals surface area contributed by atoms with E-state index in [1.807, 2.05) is 24.3 Å². The van der Waals surface area contributed by atoms with E-state index in [9.17, 15) is 4.79 Å². The number of aromatic nitrogens is 3. The van der Waals surface area contributed by atoms with Crippen LogP contribution in [0.1, 0.15) is 12.8 Å². The number of methoxy groups -OCH3 is 1. The Morgan fingerprint density at radius 2 is 2.13 bits per heavy atom. The number of carbonyl (C=O) groups is 1. The fourth-order valence-electron chi connectivity index (χ4n) is 2.69. The molecule has 0 unspecified atom stereocenters. The molecule has 3 N–H and O–H groups in total. The van der Waals surface area contributed by atoms with Crippen LogP contribution >= 0.6 is 12.4 Å². The van der Waals surface area contributed by atoms with Gasteiger partial charge in [-0.2, -0.15) is 5.10 Å². The highest BCUT2D eigenvalue weighted by Crippen LogP contribution is 2.25. The van der Waals surface area contributed by atoms with Gasteiger partial charge in [-0.1, -0.05) is 12.1 Å². The molecule has 0 aliphatic carbocycles. The Balaban J connectivity index is 0.00000192. The molecule has 2 heterocycles. The first-order valence-corrected chi connectivity index (χ1v) is 7.27. The number of H-pyrrole nitrogens is 1. The van der Waals surface area contributed by atoms with E-state index in [0.29, 0.717) is 24.4 Å². The summed E-state index contributed by atoms with van der Waals surface area (Å²) in [5.41, 5.74) is 0.828. The van der Waals surface area contributed by atoms with E-state index in [0.717, 1.165) is 18.7 Å². The van der Waals surface area contributed by atoms with Crippen LogP contribution < -0.4 is 10.6 Å². The molecule has 7 nitrogen and oxygen atoms in total. The number of rotatable bonds is 4. The van der Waals surface area contributed by atoms with Crippen molar-refractivity contribution in [3.63, 3.8) is 0 Å². The van der Waals surface area contributed by atoms with E-state index in [2.05, 4.69) is 25.8 Å². The summed E-state index contributed by atoms with van der Waals surface area (Å²) < 4.78 is 5.53. The number of ether oxygens (including phenoxy) is 1. The van der Waals surface area contributed by atoms with E-state index in [1.54, 1.807) is 7.11 Å². The average Bonchev–Trinajstić information content (AvgIpc) is 3.10. The summed E-state index contributed by atoms with van der Waals surface area (Å²) in [6, 6.07) is 7.49. The van der Waals surface area contributed by atoms with Gasteiger partial charge in [0.25, 0.3) is 5.91 Å². The maximum atomic E-state index is 12.6. The second-order valence-electron chi connectivity index (χ2n) is 5.32. The van der Waals surface area contributed by atoms with Gasteiger partial charge in [0.1, 0.15) is 11.9 Å². The topological polar surface area (TPSA) is 91.9 Å². The molecule has 0 radical (unpaired) electrons. The first-order chi connectivity index (χ1) is 10.7. The van der Waals surface area contributed by atoms with Crippen molar-refractivity contribution in [2.75, 3.05) is 25.5 Å². The van der Waals surface area contributed by atoms with Crippen molar-refractivity contribution in [3.8, 4) is 11.4 Å². The second-order valence-corrected chi connectivity index (χ2v) is 5.32. The van der Waals surface area contributed by atoms with Crippen LogP contribution in [0.25, 0.3) is 11.4 Å². The highest BCUT2D eigenvalue weighted by Gasteiger charge is 2.39. The quantitative estimate of drug-likeness (QED) is 0.788. The second kappa shape index (κ2) is 7.54. The third kappa shape index (κ3) is 3.69. The Morgan fingerprint density at radius 1 is 1.35 bits per heavy atom. The van der Waals surface area contributed by atoms with Crippen LogP contribution in [-0.2, 0) is 9.53 Å². The summed E-state index contributed by atoms with van der Waals surface area (Å²) in [6.45, 7) is 1.55. The van der Waals surface area contributed by atoms with Crippen molar-refractivity contribution in [1.29, 1.82) is 0 Å². The molecule has 0 atom stereocenters. The van der Waals surface area contributed by atoms with Gasteiger partial charge in [-0.15, -0.1) is 12.4 Å². The maximum Gasteiger partial charge on any atom is 0.256 e. The van der Waals surface area contributed by atoms with Gasteiger partial charge in [0.15, 0.2) is 5.82 Å². The zero-order valence-electron chi connectivity index (χ0n) is 12.8. The van der Waals surface area contributed by atoms with Gasteiger partial charge in [-0.3, -0.25) is 9.89 Å². The molecular weight excluding hydrogens is 318 g/mol. The van der Waals surface area contributed by atoms with Crippen LogP contribution in [0, 0.1) is 0 Å². The van der Waals surface area contributed by atoms with Crippen LogP contribution in [0.2, 0.25) is 0 Å². The van der Waals surface area contributed by atoms with Crippen molar-refractivity contribution in [2.24, 2.45) is 0 Å². The number of hydrogen-bond donors (Lipinski definition) is 3. The lowest BCUT2D eigenvalue weighted by molar-refractivity contribution is -0.140. The van der Waals surface area contributed by atoms with Crippen LogP contribution in [0.3, 0.4) is 0 Å². The van der Waals surface area contributed by atoms with E-state index in [-0.39, 0.29) is 18.3 Å². The predicted octanol–water partition coefficient (Wildman–Crippen LogP) is 1.60. The fourth-order valence-corrected chi connectivity index (χ4v) is 2.69. The molecule has 8 heteroatoms. The van der Waals surface area contributed by atoms with E-state index in [4.69, 9.17) is 4.74 Å². The van der Waals surface area contributed by atoms with Crippen LogP contribution in [0.4, 0.5) is 5.69 Å². The number of amides is 1. The lowest BCUT2D eigenvalue weighted by Crippen LogP contribution is -2.51. The fraction of sp³-hybridized carbons (Fsp3) is 0.400. The molecule has 1 saturated heterocycles. The van der Waals surface area contributed by atoms with Crippen LogP contribution in [-0.4, -0.2) is 46.9 Å². The van der Waals surface area contributed by atoms with Gasteiger partial charge < -0.3 is 15.4 Å². The number of nitrogens with one attached hydrogen (secondary N) is 3. The van der Waals surface area contributed by atoms with Crippen LogP contribution in [0.5, 0.6) is 0 Å². The summed E-state index contributed by atoms with van der Waals surface area (Å²) in [5, 5.41) is 12.8. The first kappa shape index (κ1) is 17.4. The minimum atomic E-state index is -0.756. The Labute approximate surface area is 140 Å². The summed E-state index contributed by atoms with van der Waals surface area (Å²) in [6.07, 6.45) is 2.78. The molecular formula is C15H20ClN5O2. The summed E-state index contributed by atoms with van der Waals surface area (Å²) in [7, 11) is 1.59. The molecule has 0 spiro atoms. The summed E-state index contributed by atoms with van der Waals surface area (Å²) >= 11 is 0. The molecule has 1 aliphatic rings. The van der Waals surface area contributed by atoms with Crippen molar-refractivity contribution >= 4 is 24.0 Å². The molecule has 1 aromatic carbocycles. The number of hydrogen-bond acceptors (Lipinski definition) is 5. The molecule has 2 aromatic rings. The SMILES string of the molecule is COC1(C(=O)Nc2cccc(-c3ncn[nH]3)c2)CCNCC1.Cl. The number of benzene rings is 1. The van der Waals surface area contributed by atoms with Crippen molar-refractivity contribution in [1.82, 2.24) is 20.5 Å². The predicted molar refractivity (Wildman–Crippen MR) is 89.5 cm³/mol. The standard InChI is InChI=1S/C15H19N5O2.ClH/c1-22-15(5-7-16-8-6-15)14(21)19-12-4-2-3-11(9-12)13-17-10-18-20-13;/h2-4,9-10,16H,5-8H2,1H3,(H,19,21)(H,17,18,20);1H. The lowest BCUT2D eigenvalue weighted by atomic mass is 9.91. The van der Waals surface area contributed by atoms with Gasteiger partial charge in [-0.25, -0.2) is 4.98 Å². The molecule has 1 aliphatic heterocycles. The first-order valence-electron chi connectivity index (χ1n) is 7.27.